The summed E-state index contributed by atoms with van der Waals surface area (Å²) in [5.74, 6) is 0. The molecule has 1 aliphatic rings. The number of hydrogen-bond donors (Lipinski definition) is 2. The summed E-state index contributed by atoms with van der Waals surface area (Å²) in [6.45, 7) is 0. The molecule has 0 unspecified atom stereocenters. The predicted molar refractivity (Wildman–Crippen MR) is 34.4 cm³/mol. The fourth-order valence-corrected chi connectivity index (χ4v) is 1.19. The van der Waals surface area contributed by atoms with Crippen molar-refractivity contribution in [2.24, 2.45) is 11.5 Å². The van der Waals surface area contributed by atoms with Gasteiger partial charge in [-0.3, -0.25) is 0 Å². The standard InChI is InChI=1S/C6H14N2.Pt/c7-5-3-1-2-4-6(5)8;/h5-6H,1-4,7-8H2;/q;+1/t5-,6-;/m1./s1. The van der Waals surface area contributed by atoms with Crippen LogP contribution in [0.3, 0.4) is 0 Å². The zero-order valence-electron chi connectivity index (χ0n) is 5.45. The Hall–Kier alpha value is 0.608. The molecule has 2 atom stereocenters. The second-order valence-corrected chi connectivity index (χ2v) is 2.61. The van der Waals surface area contributed by atoms with Crippen molar-refractivity contribution in [1.82, 2.24) is 0 Å². The first-order chi connectivity index (χ1) is 3.80. The van der Waals surface area contributed by atoms with E-state index in [4.69, 9.17) is 11.5 Å². The molecule has 0 aromatic rings. The molecule has 0 heterocycles. The molecule has 0 saturated heterocycles. The van der Waals surface area contributed by atoms with E-state index < -0.39 is 0 Å². The monoisotopic (exact) mass is 309 g/mol. The topological polar surface area (TPSA) is 52.0 Å². The molecule has 0 bridgehead atoms. The van der Waals surface area contributed by atoms with Crippen molar-refractivity contribution in [1.29, 1.82) is 0 Å². The SMILES string of the molecule is N[C@@H]1CCCC[C@H]1N.[Pt+]. The Morgan fingerprint density at radius 1 is 0.889 bits per heavy atom. The quantitative estimate of drug-likeness (QED) is 0.672. The van der Waals surface area contributed by atoms with Crippen LogP contribution in [0.25, 0.3) is 0 Å². The van der Waals surface area contributed by atoms with Crippen molar-refractivity contribution in [3.8, 4) is 0 Å². The van der Waals surface area contributed by atoms with E-state index in [0.29, 0.717) is 0 Å². The van der Waals surface area contributed by atoms with Gasteiger partial charge in [0, 0.05) is 12.1 Å². The van der Waals surface area contributed by atoms with Crippen LogP contribution in [0.5, 0.6) is 0 Å². The predicted octanol–water partition coefficient (Wildman–Crippen LogP) is 0.213. The van der Waals surface area contributed by atoms with E-state index in [0.717, 1.165) is 12.8 Å². The van der Waals surface area contributed by atoms with Crippen LogP contribution in [-0.4, -0.2) is 12.1 Å². The van der Waals surface area contributed by atoms with Crippen molar-refractivity contribution >= 4 is 0 Å². The summed E-state index contributed by atoms with van der Waals surface area (Å²) in [7, 11) is 0. The summed E-state index contributed by atoms with van der Waals surface area (Å²) in [4.78, 5) is 0. The Kier molecular flexibility index (Phi) is 4.73. The van der Waals surface area contributed by atoms with E-state index in [-0.39, 0.29) is 33.1 Å². The Morgan fingerprint density at radius 3 is 1.44 bits per heavy atom. The molecule has 57 valence electrons. The minimum atomic E-state index is 0. The number of nitrogens with two attached hydrogens (primary N) is 2. The number of rotatable bonds is 0. The van der Waals surface area contributed by atoms with E-state index in [2.05, 4.69) is 0 Å². The Labute approximate surface area is 70.6 Å². The third-order valence-corrected chi connectivity index (χ3v) is 1.87. The van der Waals surface area contributed by atoms with Crippen molar-refractivity contribution in [2.45, 2.75) is 37.8 Å². The maximum absolute atomic E-state index is 5.65. The zero-order valence-corrected chi connectivity index (χ0v) is 7.73. The molecule has 1 saturated carbocycles. The average molecular weight is 309 g/mol. The first-order valence-corrected chi connectivity index (χ1v) is 3.32. The third-order valence-electron chi connectivity index (χ3n) is 1.87. The minimum absolute atomic E-state index is 0. The molecule has 1 aliphatic carbocycles. The van der Waals surface area contributed by atoms with Crippen molar-refractivity contribution in [2.75, 3.05) is 0 Å². The molecule has 0 spiro atoms. The van der Waals surface area contributed by atoms with Crippen molar-refractivity contribution < 1.29 is 21.1 Å². The average Bonchev–Trinajstić information content (AvgIpc) is 1.77. The summed E-state index contributed by atoms with van der Waals surface area (Å²) in [5.41, 5.74) is 11.3. The van der Waals surface area contributed by atoms with Gasteiger partial charge in [0.05, 0.1) is 0 Å². The van der Waals surface area contributed by atoms with E-state index in [1.54, 1.807) is 0 Å². The van der Waals surface area contributed by atoms with Gasteiger partial charge in [0.2, 0.25) is 0 Å². The van der Waals surface area contributed by atoms with Gasteiger partial charge >= 0.3 is 21.1 Å². The van der Waals surface area contributed by atoms with Gasteiger partial charge in [-0.2, -0.15) is 0 Å². The Morgan fingerprint density at radius 2 is 1.22 bits per heavy atom. The first-order valence-electron chi connectivity index (χ1n) is 3.32. The molecule has 9 heavy (non-hydrogen) atoms. The molecule has 0 amide bonds. The second-order valence-electron chi connectivity index (χ2n) is 2.61. The molecular weight excluding hydrogens is 295 g/mol. The van der Waals surface area contributed by atoms with E-state index in [1.807, 2.05) is 0 Å². The van der Waals surface area contributed by atoms with Gasteiger partial charge in [-0.1, -0.05) is 12.8 Å². The summed E-state index contributed by atoms with van der Waals surface area (Å²) in [5, 5.41) is 0. The van der Waals surface area contributed by atoms with E-state index in [9.17, 15) is 0 Å². The Balaban J connectivity index is 0.000000640. The molecule has 4 N–H and O–H groups in total. The maximum atomic E-state index is 5.65. The van der Waals surface area contributed by atoms with Gasteiger partial charge in [-0.15, -0.1) is 0 Å². The first kappa shape index (κ1) is 9.61. The largest absolute Gasteiger partial charge is 1.00 e. The van der Waals surface area contributed by atoms with Crippen LogP contribution >= 0.6 is 0 Å². The van der Waals surface area contributed by atoms with Gasteiger partial charge in [0.1, 0.15) is 0 Å². The van der Waals surface area contributed by atoms with Crippen molar-refractivity contribution in [3.05, 3.63) is 0 Å². The maximum Gasteiger partial charge on any atom is 1.00 e. The minimum Gasteiger partial charge on any atom is -0.326 e. The molecule has 3 heteroatoms. The van der Waals surface area contributed by atoms with Gasteiger partial charge in [-0.25, -0.2) is 0 Å². The molecule has 2 nitrogen and oxygen atoms in total. The van der Waals surface area contributed by atoms with Crippen LogP contribution in [0.4, 0.5) is 0 Å². The van der Waals surface area contributed by atoms with Crippen LogP contribution in [0.2, 0.25) is 0 Å². The molecule has 0 aliphatic heterocycles. The molecule has 0 aromatic carbocycles. The van der Waals surface area contributed by atoms with Crippen molar-refractivity contribution in [3.63, 3.8) is 0 Å². The zero-order chi connectivity index (χ0) is 5.98. The Bertz CT molecular complexity index is 67.5. The fraction of sp³-hybridized carbons (Fsp3) is 1.00. The normalized spacial score (nSPS) is 35.3. The molecule has 0 aromatic heterocycles. The van der Waals surface area contributed by atoms with Crippen LogP contribution in [0.1, 0.15) is 25.7 Å². The van der Waals surface area contributed by atoms with E-state index >= 15 is 0 Å². The smallest absolute Gasteiger partial charge is 0.326 e. The second kappa shape index (κ2) is 4.43. The van der Waals surface area contributed by atoms with Crippen LogP contribution < -0.4 is 11.5 Å². The molecular formula is C6H14N2Pt+. The van der Waals surface area contributed by atoms with Gasteiger partial charge in [-0.05, 0) is 12.8 Å². The summed E-state index contributed by atoms with van der Waals surface area (Å²) >= 11 is 0. The van der Waals surface area contributed by atoms with Crippen LogP contribution in [-0.2, 0) is 21.1 Å². The van der Waals surface area contributed by atoms with Gasteiger partial charge in [0.15, 0.2) is 0 Å². The van der Waals surface area contributed by atoms with E-state index in [1.165, 1.54) is 12.8 Å². The van der Waals surface area contributed by atoms with Crippen LogP contribution in [0, 0.1) is 0 Å². The van der Waals surface area contributed by atoms with Crippen LogP contribution in [0.15, 0.2) is 0 Å². The summed E-state index contributed by atoms with van der Waals surface area (Å²) in [6.07, 6.45) is 4.80. The fourth-order valence-electron chi connectivity index (χ4n) is 1.19. The number of hydrogen-bond acceptors (Lipinski definition) is 2. The molecule has 1 radical (unpaired) electrons. The van der Waals surface area contributed by atoms with Gasteiger partial charge in [0.25, 0.3) is 0 Å². The molecule has 1 fully saturated rings. The molecule has 1 rings (SSSR count). The third kappa shape index (κ3) is 2.79. The van der Waals surface area contributed by atoms with Gasteiger partial charge < -0.3 is 11.5 Å². The summed E-state index contributed by atoms with van der Waals surface area (Å²) < 4.78 is 0. The summed E-state index contributed by atoms with van der Waals surface area (Å²) in [6, 6.07) is 0.562.